The van der Waals surface area contributed by atoms with Gasteiger partial charge in [0.1, 0.15) is 11.2 Å². The van der Waals surface area contributed by atoms with Crippen molar-refractivity contribution in [3.05, 3.63) is 224 Å². The second-order valence-corrected chi connectivity index (χ2v) is 14.9. The summed E-state index contributed by atoms with van der Waals surface area (Å²) in [6, 6.07) is 80.5. The lowest BCUT2D eigenvalue weighted by Crippen LogP contribution is -2.10. The molecule has 1 heterocycles. The van der Waals surface area contributed by atoms with E-state index in [2.05, 4.69) is 223 Å². The molecule has 0 fully saturated rings. The Balaban J connectivity index is 0.961. The van der Waals surface area contributed by atoms with Crippen LogP contribution in [0.1, 0.15) is 0 Å². The van der Waals surface area contributed by atoms with Gasteiger partial charge in [0.2, 0.25) is 0 Å². The molecule has 2 heteroatoms. The van der Waals surface area contributed by atoms with Crippen LogP contribution in [-0.2, 0) is 0 Å². The van der Waals surface area contributed by atoms with Crippen molar-refractivity contribution < 1.29 is 4.42 Å². The van der Waals surface area contributed by atoms with Crippen LogP contribution < -0.4 is 4.90 Å². The van der Waals surface area contributed by atoms with E-state index in [-0.39, 0.29) is 0 Å². The molecule has 11 aromatic rings. The Morgan fingerprint density at radius 2 is 0.810 bits per heavy atom. The van der Waals surface area contributed by atoms with E-state index in [1.165, 1.54) is 38.2 Å². The zero-order valence-corrected chi connectivity index (χ0v) is 31.7. The molecule has 0 saturated carbocycles. The number of furan rings is 1. The predicted molar refractivity (Wildman–Crippen MR) is 245 cm³/mol. The molecule has 0 atom stereocenters. The number of nitrogens with zero attached hydrogens (tertiary/aromatic N) is 1. The summed E-state index contributed by atoms with van der Waals surface area (Å²) >= 11 is 0. The van der Waals surface area contributed by atoms with Gasteiger partial charge in [-0.05, 0) is 104 Å². The monoisotopic (exact) mass is 739 g/mol. The summed E-state index contributed by atoms with van der Waals surface area (Å²) in [7, 11) is 0. The number of fused-ring (bicyclic) bond motifs is 5. The third-order valence-corrected chi connectivity index (χ3v) is 11.5. The van der Waals surface area contributed by atoms with E-state index in [0.717, 1.165) is 66.8 Å². The van der Waals surface area contributed by atoms with Crippen molar-refractivity contribution in [2.75, 3.05) is 4.90 Å². The molecule has 272 valence electrons. The Morgan fingerprint density at radius 1 is 0.293 bits per heavy atom. The number of hydrogen-bond donors (Lipinski definition) is 0. The predicted octanol–water partition coefficient (Wildman–Crippen LogP) is 16.0. The standard InChI is InChI=1S/C56H37NO/c1-2-12-38(13-3-1)44-30-35-52-53-24-11-23-51(56(53)58-55(52)37-44)45-19-8-18-43(36-45)39-26-31-46(32-27-39)57(54-25-10-17-41-15-5-7-21-50(41)54)47-33-28-42(29-34-47)49-22-9-16-40-14-4-6-20-48(40)49/h1-37H. The van der Waals surface area contributed by atoms with Gasteiger partial charge in [-0.25, -0.2) is 0 Å². The van der Waals surface area contributed by atoms with Crippen LogP contribution in [0.4, 0.5) is 17.1 Å². The van der Waals surface area contributed by atoms with Crippen molar-refractivity contribution in [2.24, 2.45) is 0 Å². The minimum Gasteiger partial charge on any atom is -0.455 e. The van der Waals surface area contributed by atoms with E-state index in [4.69, 9.17) is 4.42 Å². The number of para-hydroxylation sites is 1. The molecule has 0 bridgehead atoms. The number of benzene rings is 10. The van der Waals surface area contributed by atoms with Gasteiger partial charge in [0.15, 0.2) is 0 Å². The lowest BCUT2D eigenvalue weighted by atomic mass is 9.97. The van der Waals surface area contributed by atoms with Crippen LogP contribution in [0.15, 0.2) is 229 Å². The molecule has 0 saturated heterocycles. The van der Waals surface area contributed by atoms with Crippen LogP contribution in [-0.4, -0.2) is 0 Å². The first-order chi connectivity index (χ1) is 28.7. The van der Waals surface area contributed by atoms with Crippen LogP contribution >= 0.6 is 0 Å². The lowest BCUT2D eigenvalue weighted by Gasteiger charge is -2.27. The van der Waals surface area contributed by atoms with Crippen LogP contribution in [0, 0.1) is 0 Å². The summed E-state index contributed by atoms with van der Waals surface area (Å²) in [6.45, 7) is 0. The number of anilines is 3. The summed E-state index contributed by atoms with van der Waals surface area (Å²) in [5, 5.41) is 7.17. The molecule has 0 unspecified atom stereocenters. The number of rotatable bonds is 7. The van der Waals surface area contributed by atoms with Crippen LogP contribution in [0.2, 0.25) is 0 Å². The molecule has 0 N–H and O–H groups in total. The molecular formula is C56H37NO. The van der Waals surface area contributed by atoms with E-state index in [9.17, 15) is 0 Å². The highest BCUT2D eigenvalue weighted by Gasteiger charge is 2.17. The molecule has 10 aromatic carbocycles. The van der Waals surface area contributed by atoms with Gasteiger partial charge in [0, 0.05) is 33.1 Å². The Hall–Kier alpha value is -7.68. The first-order valence-electron chi connectivity index (χ1n) is 19.8. The van der Waals surface area contributed by atoms with Crippen molar-refractivity contribution in [1.82, 2.24) is 0 Å². The van der Waals surface area contributed by atoms with Crippen LogP contribution in [0.3, 0.4) is 0 Å². The Morgan fingerprint density at radius 3 is 1.60 bits per heavy atom. The SMILES string of the molecule is c1ccc(-c2ccc3c(c2)oc2c(-c4cccc(-c5ccc(N(c6ccc(-c7cccc8ccccc78)cc6)c6cccc7ccccc67)cc5)c4)cccc23)cc1. The van der Waals surface area contributed by atoms with Crippen LogP contribution in [0.25, 0.3) is 88.0 Å². The topological polar surface area (TPSA) is 16.4 Å². The van der Waals surface area contributed by atoms with Crippen molar-refractivity contribution in [3.8, 4) is 44.5 Å². The van der Waals surface area contributed by atoms with E-state index in [1.54, 1.807) is 0 Å². The van der Waals surface area contributed by atoms with Gasteiger partial charge in [-0.2, -0.15) is 0 Å². The molecule has 0 amide bonds. The van der Waals surface area contributed by atoms with Crippen molar-refractivity contribution in [1.29, 1.82) is 0 Å². The van der Waals surface area contributed by atoms with E-state index in [0.29, 0.717) is 0 Å². The summed E-state index contributed by atoms with van der Waals surface area (Å²) in [5.74, 6) is 0. The average Bonchev–Trinajstić information content (AvgIpc) is 3.68. The molecule has 1 aromatic heterocycles. The van der Waals surface area contributed by atoms with Gasteiger partial charge in [0.05, 0.1) is 5.69 Å². The quantitative estimate of drug-likeness (QED) is 0.162. The maximum absolute atomic E-state index is 6.65. The highest BCUT2D eigenvalue weighted by molar-refractivity contribution is 6.10. The normalized spacial score (nSPS) is 11.4. The fourth-order valence-electron chi connectivity index (χ4n) is 8.60. The molecule has 58 heavy (non-hydrogen) atoms. The highest BCUT2D eigenvalue weighted by Crippen LogP contribution is 2.42. The number of hydrogen-bond acceptors (Lipinski definition) is 2. The van der Waals surface area contributed by atoms with E-state index < -0.39 is 0 Å². The van der Waals surface area contributed by atoms with Gasteiger partial charge in [0.25, 0.3) is 0 Å². The third kappa shape index (κ3) is 5.91. The molecule has 0 spiro atoms. The summed E-state index contributed by atoms with van der Waals surface area (Å²) in [6.07, 6.45) is 0. The molecule has 0 aliphatic carbocycles. The zero-order chi connectivity index (χ0) is 38.4. The lowest BCUT2D eigenvalue weighted by molar-refractivity contribution is 0.670. The van der Waals surface area contributed by atoms with E-state index in [1.807, 2.05) is 6.07 Å². The zero-order valence-electron chi connectivity index (χ0n) is 31.7. The van der Waals surface area contributed by atoms with Gasteiger partial charge in [-0.1, -0.05) is 176 Å². The fourth-order valence-corrected chi connectivity index (χ4v) is 8.60. The van der Waals surface area contributed by atoms with Gasteiger partial charge < -0.3 is 9.32 Å². The largest absolute Gasteiger partial charge is 0.455 e. The Kier molecular flexibility index (Phi) is 8.19. The molecule has 0 aliphatic rings. The molecule has 2 nitrogen and oxygen atoms in total. The molecule has 11 rings (SSSR count). The summed E-state index contributed by atoms with van der Waals surface area (Å²) in [4.78, 5) is 2.38. The van der Waals surface area contributed by atoms with Crippen molar-refractivity contribution in [3.63, 3.8) is 0 Å². The molecule has 0 aliphatic heterocycles. The minimum absolute atomic E-state index is 0.898. The first kappa shape index (κ1) is 33.6. The highest BCUT2D eigenvalue weighted by atomic mass is 16.3. The second kappa shape index (κ2) is 14.1. The summed E-state index contributed by atoms with van der Waals surface area (Å²) in [5.41, 5.74) is 14.4. The fraction of sp³-hybridized carbons (Fsp3) is 0. The van der Waals surface area contributed by atoms with Gasteiger partial charge >= 0.3 is 0 Å². The first-order valence-corrected chi connectivity index (χ1v) is 19.8. The second-order valence-electron chi connectivity index (χ2n) is 14.9. The Bertz CT molecular complexity index is 3260. The van der Waals surface area contributed by atoms with Crippen LogP contribution in [0.5, 0.6) is 0 Å². The summed E-state index contributed by atoms with van der Waals surface area (Å²) < 4.78 is 6.65. The maximum Gasteiger partial charge on any atom is 0.143 e. The third-order valence-electron chi connectivity index (χ3n) is 11.5. The molecule has 0 radical (unpaired) electrons. The Labute approximate surface area is 337 Å². The van der Waals surface area contributed by atoms with Gasteiger partial charge in [-0.3, -0.25) is 0 Å². The van der Waals surface area contributed by atoms with Crippen molar-refractivity contribution >= 4 is 60.5 Å². The van der Waals surface area contributed by atoms with Gasteiger partial charge in [-0.15, -0.1) is 0 Å². The van der Waals surface area contributed by atoms with E-state index >= 15 is 0 Å². The minimum atomic E-state index is 0.898. The smallest absolute Gasteiger partial charge is 0.143 e. The van der Waals surface area contributed by atoms with Crippen molar-refractivity contribution in [2.45, 2.75) is 0 Å². The average molecular weight is 740 g/mol. The maximum atomic E-state index is 6.65. The molecular weight excluding hydrogens is 703 g/mol.